The summed E-state index contributed by atoms with van der Waals surface area (Å²) in [5, 5.41) is 6.12. The van der Waals surface area contributed by atoms with Gasteiger partial charge in [0.15, 0.2) is 0 Å². The minimum absolute atomic E-state index is 0.0638. The Labute approximate surface area is 108 Å². The van der Waals surface area contributed by atoms with Crippen LogP contribution in [0.25, 0.3) is 0 Å². The second-order valence-electron chi connectivity index (χ2n) is 5.32. The van der Waals surface area contributed by atoms with Crippen LogP contribution in [0.4, 0.5) is 0 Å². The highest BCUT2D eigenvalue weighted by atomic mass is 16.1. The Morgan fingerprint density at radius 3 is 2.72 bits per heavy atom. The van der Waals surface area contributed by atoms with Gasteiger partial charge in [0.05, 0.1) is 5.69 Å². The number of nitrogens with one attached hydrogen (secondary N) is 2. The van der Waals surface area contributed by atoms with E-state index in [0.29, 0.717) is 19.5 Å². The summed E-state index contributed by atoms with van der Waals surface area (Å²) in [6.45, 7) is 9.09. The van der Waals surface area contributed by atoms with Crippen LogP contribution < -0.4 is 10.6 Å². The van der Waals surface area contributed by atoms with E-state index in [4.69, 9.17) is 0 Å². The van der Waals surface area contributed by atoms with E-state index < -0.39 is 0 Å². The normalized spacial score (nSPS) is 11.3. The molecule has 5 heteroatoms. The van der Waals surface area contributed by atoms with E-state index in [1.807, 2.05) is 33.8 Å². The van der Waals surface area contributed by atoms with Crippen molar-refractivity contribution in [3.63, 3.8) is 0 Å². The maximum absolute atomic E-state index is 11.5. The summed E-state index contributed by atoms with van der Waals surface area (Å²) in [5.74, 6) is 0.827. The van der Waals surface area contributed by atoms with Crippen LogP contribution in [0.5, 0.6) is 0 Å². The quantitative estimate of drug-likeness (QED) is 0.770. The smallest absolute Gasteiger partial charge is 0.221 e. The molecule has 0 aliphatic carbocycles. The van der Waals surface area contributed by atoms with E-state index in [0.717, 1.165) is 11.5 Å². The summed E-state index contributed by atoms with van der Waals surface area (Å²) in [6.07, 6.45) is 2.22. The molecular formula is C13H22N4O. The highest BCUT2D eigenvalue weighted by Crippen LogP contribution is 1.99. The zero-order chi connectivity index (χ0) is 13.6. The Morgan fingerprint density at radius 1 is 1.39 bits per heavy atom. The Morgan fingerprint density at radius 2 is 2.11 bits per heavy atom. The van der Waals surface area contributed by atoms with E-state index in [9.17, 15) is 4.79 Å². The first-order valence-corrected chi connectivity index (χ1v) is 6.17. The number of hydrogen-bond donors (Lipinski definition) is 2. The van der Waals surface area contributed by atoms with Gasteiger partial charge in [0.1, 0.15) is 5.82 Å². The van der Waals surface area contributed by atoms with Gasteiger partial charge in [0, 0.05) is 31.2 Å². The van der Waals surface area contributed by atoms with Gasteiger partial charge in [0.2, 0.25) is 5.91 Å². The van der Waals surface area contributed by atoms with Gasteiger partial charge in [0.25, 0.3) is 0 Å². The van der Waals surface area contributed by atoms with Crippen LogP contribution in [0.2, 0.25) is 0 Å². The minimum Gasteiger partial charge on any atom is -0.351 e. The highest BCUT2D eigenvalue weighted by molar-refractivity contribution is 5.76. The van der Waals surface area contributed by atoms with Crippen molar-refractivity contribution in [2.24, 2.45) is 0 Å². The molecule has 0 radical (unpaired) electrons. The molecule has 0 saturated carbocycles. The summed E-state index contributed by atoms with van der Waals surface area (Å²) in [6, 6.07) is 1.87. The Balaban J connectivity index is 2.21. The number of carbonyl (C=O) groups excluding carboxylic acids is 1. The molecule has 0 aliphatic heterocycles. The first-order chi connectivity index (χ1) is 8.37. The van der Waals surface area contributed by atoms with Crippen LogP contribution in [0.3, 0.4) is 0 Å². The van der Waals surface area contributed by atoms with Crippen molar-refractivity contribution < 1.29 is 4.79 Å². The number of aromatic nitrogens is 2. The van der Waals surface area contributed by atoms with Crippen LogP contribution in [0, 0.1) is 6.92 Å². The standard InChI is InChI=1S/C13H22N4O/c1-10-15-8-5-11(16-10)9-14-7-6-12(18)17-13(2,3)4/h5,8,14H,6-7,9H2,1-4H3,(H,17,18). The summed E-state index contributed by atoms with van der Waals surface area (Å²) in [5.41, 5.74) is 0.777. The molecule has 1 amide bonds. The van der Waals surface area contributed by atoms with Gasteiger partial charge in [-0.1, -0.05) is 0 Å². The van der Waals surface area contributed by atoms with Crippen LogP contribution in [-0.4, -0.2) is 28.0 Å². The van der Waals surface area contributed by atoms with E-state index in [2.05, 4.69) is 20.6 Å². The highest BCUT2D eigenvalue weighted by Gasteiger charge is 2.12. The van der Waals surface area contributed by atoms with Crippen LogP contribution in [0.1, 0.15) is 38.7 Å². The fourth-order valence-electron chi connectivity index (χ4n) is 1.50. The van der Waals surface area contributed by atoms with Gasteiger partial charge < -0.3 is 10.6 Å². The molecule has 0 spiro atoms. The van der Waals surface area contributed by atoms with E-state index >= 15 is 0 Å². The summed E-state index contributed by atoms with van der Waals surface area (Å²) in [7, 11) is 0. The maximum Gasteiger partial charge on any atom is 0.221 e. The van der Waals surface area contributed by atoms with Crippen molar-refractivity contribution >= 4 is 5.91 Å². The third kappa shape index (κ3) is 6.30. The Hall–Kier alpha value is -1.49. The lowest BCUT2D eigenvalue weighted by Gasteiger charge is -2.20. The largest absolute Gasteiger partial charge is 0.351 e. The van der Waals surface area contributed by atoms with Crippen LogP contribution >= 0.6 is 0 Å². The first kappa shape index (κ1) is 14.6. The predicted octanol–water partition coefficient (Wildman–Crippen LogP) is 1.18. The molecule has 1 aromatic rings. The minimum atomic E-state index is -0.166. The molecule has 0 unspecified atom stereocenters. The van der Waals surface area contributed by atoms with Crippen molar-refractivity contribution in [2.45, 2.75) is 46.2 Å². The Kier molecular flexibility index (Phi) is 5.22. The number of carbonyl (C=O) groups is 1. The number of rotatable bonds is 5. The van der Waals surface area contributed by atoms with Gasteiger partial charge >= 0.3 is 0 Å². The van der Waals surface area contributed by atoms with Gasteiger partial charge in [-0.25, -0.2) is 9.97 Å². The third-order valence-corrected chi connectivity index (χ3v) is 2.18. The van der Waals surface area contributed by atoms with Gasteiger partial charge in [-0.15, -0.1) is 0 Å². The first-order valence-electron chi connectivity index (χ1n) is 6.17. The predicted molar refractivity (Wildman–Crippen MR) is 71.0 cm³/mol. The molecule has 2 N–H and O–H groups in total. The second kappa shape index (κ2) is 6.44. The molecule has 1 rings (SSSR count). The number of nitrogens with zero attached hydrogens (tertiary/aromatic N) is 2. The van der Waals surface area contributed by atoms with Gasteiger partial charge in [-0.05, 0) is 33.8 Å². The molecule has 0 saturated heterocycles. The summed E-state index contributed by atoms with van der Waals surface area (Å²) in [4.78, 5) is 19.9. The van der Waals surface area contributed by atoms with E-state index in [1.54, 1.807) is 6.20 Å². The average molecular weight is 250 g/mol. The fraction of sp³-hybridized carbons (Fsp3) is 0.615. The molecule has 100 valence electrons. The van der Waals surface area contributed by atoms with E-state index in [1.165, 1.54) is 0 Å². The molecule has 5 nitrogen and oxygen atoms in total. The lowest BCUT2D eigenvalue weighted by Crippen LogP contribution is -2.41. The van der Waals surface area contributed by atoms with Crippen LogP contribution in [0.15, 0.2) is 12.3 Å². The van der Waals surface area contributed by atoms with Crippen molar-refractivity contribution in [1.82, 2.24) is 20.6 Å². The maximum atomic E-state index is 11.5. The molecule has 0 aromatic carbocycles. The summed E-state index contributed by atoms with van der Waals surface area (Å²) >= 11 is 0. The monoisotopic (exact) mass is 250 g/mol. The molecule has 18 heavy (non-hydrogen) atoms. The van der Waals surface area contributed by atoms with Crippen molar-refractivity contribution in [3.8, 4) is 0 Å². The Bertz CT molecular complexity index is 398. The molecule has 0 bridgehead atoms. The molecule has 0 atom stereocenters. The molecule has 1 aromatic heterocycles. The van der Waals surface area contributed by atoms with E-state index in [-0.39, 0.29) is 11.4 Å². The lowest BCUT2D eigenvalue weighted by atomic mass is 10.1. The SMILES string of the molecule is Cc1nccc(CNCCC(=O)NC(C)(C)C)n1. The molecule has 1 heterocycles. The topological polar surface area (TPSA) is 66.9 Å². The van der Waals surface area contributed by atoms with Crippen molar-refractivity contribution in [2.75, 3.05) is 6.54 Å². The zero-order valence-corrected chi connectivity index (χ0v) is 11.6. The molecule has 0 fully saturated rings. The number of aryl methyl sites for hydroxylation is 1. The van der Waals surface area contributed by atoms with Gasteiger partial charge in [-0.2, -0.15) is 0 Å². The average Bonchev–Trinajstić information content (AvgIpc) is 2.22. The van der Waals surface area contributed by atoms with Crippen molar-refractivity contribution in [1.29, 1.82) is 0 Å². The van der Waals surface area contributed by atoms with Crippen LogP contribution in [-0.2, 0) is 11.3 Å². The molecule has 0 aliphatic rings. The lowest BCUT2D eigenvalue weighted by molar-refractivity contribution is -0.122. The molecular weight excluding hydrogens is 228 g/mol. The van der Waals surface area contributed by atoms with Gasteiger partial charge in [-0.3, -0.25) is 4.79 Å². The number of hydrogen-bond acceptors (Lipinski definition) is 4. The van der Waals surface area contributed by atoms with Crippen molar-refractivity contribution in [3.05, 3.63) is 23.8 Å². The fourth-order valence-corrected chi connectivity index (χ4v) is 1.50. The zero-order valence-electron chi connectivity index (χ0n) is 11.6. The number of amides is 1. The second-order valence-corrected chi connectivity index (χ2v) is 5.32. The summed E-state index contributed by atoms with van der Waals surface area (Å²) < 4.78 is 0. The third-order valence-electron chi connectivity index (χ3n) is 2.18.